The van der Waals surface area contributed by atoms with Gasteiger partial charge in [0.15, 0.2) is 0 Å². The Labute approximate surface area is 136 Å². The third kappa shape index (κ3) is 4.13. The number of hydrogen-bond acceptors (Lipinski definition) is 4. The van der Waals surface area contributed by atoms with Gasteiger partial charge in [-0.2, -0.15) is 0 Å². The topological polar surface area (TPSA) is 115 Å². The lowest BCUT2D eigenvalue weighted by atomic mass is 10.0. The van der Waals surface area contributed by atoms with Gasteiger partial charge in [-0.15, -0.1) is 0 Å². The molecule has 0 aliphatic rings. The molecule has 0 heterocycles. The van der Waals surface area contributed by atoms with Gasteiger partial charge in [0, 0.05) is 12.5 Å². The number of nitro groups is 1. The highest BCUT2D eigenvalue weighted by atomic mass is 19.1. The number of benzene rings is 2. The minimum absolute atomic E-state index is 0.116. The molecule has 0 spiro atoms. The van der Waals surface area contributed by atoms with Crippen LogP contribution >= 0.6 is 0 Å². The number of hydrogen-bond donors (Lipinski definition) is 2. The molecule has 124 valence electrons. The molecule has 0 saturated heterocycles. The Morgan fingerprint density at radius 2 is 1.88 bits per heavy atom. The third-order valence-electron chi connectivity index (χ3n) is 3.33. The number of nitro benzene ring substituents is 1. The summed E-state index contributed by atoms with van der Waals surface area (Å²) in [4.78, 5) is 34.0. The second-order valence-corrected chi connectivity index (χ2v) is 5.04. The van der Waals surface area contributed by atoms with Gasteiger partial charge in [-0.1, -0.05) is 30.3 Å². The first-order chi connectivity index (χ1) is 11.4. The summed E-state index contributed by atoms with van der Waals surface area (Å²) >= 11 is 0. The molecule has 1 unspecified atom stereocenters. The molecule has 0 aromatic heterocycles. The molecule has 0 fully saturated rings. The Hall–Kier alpha value is -3.29. The lowest BCUT2D eigenvalue weighted by Gasteiger charge is -2.15. The number of primary amides is 1. The molecule has 0 saturated carbocycles. The van der Waals surface area contributed by atoms with E-state index in [4.69, 9.17) is 5.73 Å². The van der Waals surface area contributed by atoms with Crippen LogP contribution < -0.4 is 11.1 Å². The average molecular weight is 331 g/mol. The van der Waals surface area contributed by atoms with Gasteiger partial charge in [-0.3, -0.25) is 19.7 Å². The van der Waals surface area contributed by atoms with E-state index in [-0.39, 0.29) is 6.42 Å². The maximum atomic E-state index is 13.3. The Kier molecular flexibility index (Phi) is 5.20. The van der Waals surface area contributed by atoms with Gasteiger partial charge in [-0.25, -0.2) is 4.39 Å². The van der Waals surface area contributed by atoms with Crippen LogP contribution in [0.1, 0.15) is 15.9 Å². The van der Waals surface area contributed by atoms with Gasteiger partial charge in [0.1, 0.15) is 17.4 Å². The van der Waals surface area contributed by atoms with Crippen LogP contribution in [0.15, 0.2) is 48.5 Å². The molecule has 7 nitrogen and oxygen atoms in total. The van der Waals surface area contributed by atoms with Crippen molar-refractivity contribution in [1.29, 1.82) is 0 Å². The second kappa shape index (κ2) is 7.32. The molecule has 2 rings (SSSR count). The van der Waals surface area contributed by atoms with E-state index >= 15 is 0 Å². The molecular formula is C16H14FN3O4. The Morgan fingerprint density at radius 1 is 1.21 bits per heavy atom. The normalized spacial score (nSPS) is 11.5. The summed E-state index contributed by atoms with van der Waals surface area (Å²) in [6.07, 6.45) is 0.116. The van der Waals surface area contributed by atoms with Crippen LogP contribution in [0.5, 0.6) is 0 Å². The number of nitrogens with one attached hydrogen (secondary N) is 1. The molecule has 0 bridgehead atoms. The van der Waals surface area contributed by atoms with Crippen molar-refractivity contribution in [3.63, 3.8) is 0 Å². The van der Waals surface area contributed by atoms with Crippen molar-refractivity contribution >= 4 is 17.5 Å². The largest absolute Gasteiger partial charge is 0.368 e. The lowest BCUT2D eigenvalue weighted by molar-refractivity contribution is -0.385. The minimum Gasteiger partial charge on any atom is -0.368 e. The van der Waals surface area contributed by atoms with Crippen LogP contribution in [0.4, 0.5) is 10.1 Å². The highest BCUT2D eigenvalue weighted by Crippen LogP contribution is 2.19. The molecule has 0 aliphatic carbocycles. The van der Waals surface area contributed by atoms with E-state index < -0.39 is 39.8 Å². The monoisotopic (exact) mass is 331 g/mol. The summed E-state index contributed by atoms with van der Waals surface area (Å²) in [5, 5.41) is 13.3. The number of amides is 2. The highest BCUT2D eigenvalue weighted by molar-refractivity contribution is 6.00. The van der Waals surface area contributed by atoms with Gasteiger partial charge in [-0.05, 0) is 17.7 Å². The van der Waals surface area contributed by atoms with Gasteiger partial charge in [0.05, 0.1) is 4.92 Å². The fourth-order valence-electron chi connectivity index (χ4n) is 2.16. The molecule has 2 aromatic rings. The molecule has 0 aliphatic heterocycles. The van der Waals surface area contributed by atoms with Crippen molar-refractivity contribution in [2.45, 2.75) is 12.5 Å². The lowest BCUT2D eigenvalue weighted by Crippen LogP contribution is -2.46. The summed E-state index contributed by atoms with van der Waals surface area (Å²) in [6.45, 7) is 0. The summed E-state index contributed by atoms with van der Waals surface area (Å²) < 4.78 is 13.3. The molecule has 8 heteroatoms. The quantitative estimate of drug-likeness (QED) is 0.617. The predicted octanol–water partition coefficient (Wildman–Crippen LogP) is 1.56. The molecule has 24 heavy (non-hydrogen) atoms. The van der Waals surface area contributed by atoms with E-state index in [9.17, 15) is 24.1 Å². The molecular weight excluding hydrogens is 317 g/mol. The van der Waals surface area contributed by atoms with Crippen molar-refractivity contribution in [2.24, 2.45) is 5.73 Å². The average Bonchev–Trinajstić information content (AvgIpc) is 2.54. The van der Waals surface area contributed by atoms with Crippen LogP contribution in [0, 0.1) is 15.9 Å². The fourth-order valence-corrected chi connectivity index (χ4v) is 2.16. The van der Waals surface area contributed by atoms with Crippen LogP contribution in [0.2, 0.25) is 0 Å². The maximum absolute atomic E-state index is 13.3. The summed E-state index contributed by atoms with van der Waals surface area (Å²) in [5.74, 6) is -2.54. The SMILES string of the molecule is NC(=O)C(Cc1ccccc1)NC(=O)c1cc(F)ccc1[N+](=O)[O-]. The Bertz CT molecular complexity index is 780. The zero-order valence-corrected chi connectivity index (χ0v) is 12.4. The number of carbonyl (C=O) groups excluding carboxylic acids is 2. The number of halogens is 1. The van der Waals surface area contributed by atoms with Gasteiger partial charge < -0.3 is 11.1 Å². The first-order valence-corrected chi connectivity index (χ1v) is 6.96. The highest BCUT2D eigenvalue weighted by Gasteiger charge is 2.25. The standard InChI is InChI=1S/C16H14FN3O4/c17-11-6-7-14(20(23)24)12(9-11)16(22)19-13(15(18)21)8-10-4-2-1-3-5-10/h1-7,9,13H,8H2,(H2,18,21)(H,19,22). The van der Waals surface area contributed by atoms with Gasteiger partial charge in [0.2, 0.25) is 5.91 Å². The van der Waals surface area contributed by atoms with E-state index in [2.05, 4.69) is 5.32 Å². The maximum Gasteiger partial charge on any atom is 0.282 e. The number of nitrogens with zero attached hydrogens (tertiary/aromatic N) is 1. The fraction of sp³-hybridized carbons (Fsp3) is 0.125. The third-order valence-corrected chi connectivity index (χ3v) is 3.33. The smallest absolute Gasteiger partial charge is 0.282 e. The minimum atomic E-state index is -1.08. The number of carbonyl (C=O) groups is 2. The molecule has 1 atom stereocenters. The second-order valence-electron chi connectivity index (χ2n) is 5.04. The van der Waals surface area contributed by atoms with Crippen molar-refractivity contribution in [3.05, 3.63) is 75.6 Å². The molecule has 2 amide bonds. The Morgan fingerprint density at radius 3 is 2.46 bits per heavy atom. The van der Waals surface area contributed by atoms with Crippen LogP contribution in [-0.4, -0.2) is 22.8 Å². The van der Waals surface area contributed by atoms with Crippen molar-refractivity contribution in [2.75, 3.05) is 0 Å². The van der Waals surface area contributed by atoms with Crippen LogP contribution in [0.3, 0.4) is 0 Å². The molecule has 2 aromatic carbocycles. The number of rotatable bonds is 6. The predicted molar refractivity (Wildman–Crippen MR) is 83.6 cm³/mol. The van der Waals surface area contributed by atoms with E-state index in [0.29, 0.717) is 0 Å². The first-order valence-electron chi connectivity index (χ1n) is 6.96. The Balaban J connectivity index is 2.24. The van der Waals surface area contributed by atoms with Crippen LogP contribution in [-0.2, 0) is 11.2 Å². The first kappa shape index (κ1) is 17.1. The number of nitrogens with two attached hydrogens (primary N) is 1. The van der Waals surface area contributed by atoms with E-state index in [1.54, 1.807) is 30.3 Å². The summed E-state index contributed by atoms with van der Waals surface area (Å²) in [7, 11) is 0. The van der Waals surface area contributed by atoms with E-state index in [0.717, 1.165) is 23.8 Å². The van der Waals surface area contributed by atoms with E-state index in [1.165, 1.54) is 0 Å². The van der Waals surface area contributed by atoms with Crippen molar-refractivity contribution < 1.29 is 18.9 Å². The molecule has 3 N–H and O–H groups in total. The van der Waals surface area contributed by atoms with E-state index in [1.807, 2.05) is 0 Å². The summed E-state index contributed by atoms with van der Waals surface area (Å²) in [5.41, 5.74) is 4.99. The van der Waals surface area contributed by atoms with Crippen molar-refractivity contribution in [1.82, 2.24) is 5.32 Å². The van der Waals surface area contributed by atoms with Crippen molar-refractivity contribution in [3.8, 4) is 0 Å². The van der Waals surface area contributed by atoms with Gasteiger partial charge >= 0.3 is 0 Å². The zero-order valence-electron chi connectivity index (χ0n) is 12.4. The molecule has 0 radical (unpaired) electrons. The summed E-state index contributed by atoms with van der Waals surface area (Å²) in [6, 6.07) is 10.2. The van der Waals surface area contributed by atoms with Crippen LogP contribution in [0.25, 0.3) is 0 Å². The zero-order chi connectivity index (χ0) is 17.7. The van der Waals surface area contributed by atoms with Gasteiger partial charge in [0.25, 0.3) is 11.6 Å².